The van der Waals surface area contributed by atoms with E-state index >= 15 is 0 Å². The van der Waals surface area contributed by atoms with Gasteiger partial charge in [0, 0.05) is 12.8 Å². The van der Waals surface area contributed by atoms with Crippen molar-refractivity contribution in [1.29, 1.82) is 0 Å². The number of allylic oxidation sites excluding steroid dienone is 2. The molecule has 0 radical (unpaired) electrons. The van der Waals surface area contributed by atoms with Gasteiger partial charge in [0.25, 0.3) is 0 Å². The zero-order chi connectivity index (χ0) is 18.8. The molecule has 1 atom stereocenters. The van der Waals surface area contributed by atoms with Crippen molar-refractivity contribution in [3.8, 4) is 0 Å². The normalized spacial score (nSPS) is 12.3. The van der Waals surface area contributed by atoms with Gasteiger partial charge in [0.2, 0.25) is 0 Å². The van der Waals surface area contributed by atoms with Crippen LogP contribution in [0.15, 0.2) is 12.2 Å². The highest BCUT2D eigenvalue weighted by Crippen LogP contribution is 2.09. The van der Waals surface area contributed by atoms with Crippen LogP contribution < -0.4 is 0 Å². The molecule has 5 heteroatoms. The highest BCUT2D eigenvalue weighted by Gasteiger charge is 2.15. The molecule has 146 valence electrons. The molecule has 0 saturated carbocycles. The van der Waals surface area contributed by atoms with Crippen molar-refractivity contribution >= 4 is 11.9 Å². The molecule has 0 aromatic rings. The summed E-state index contributed by atoms with van der Waals surface area (Å²) >= 11 is 0. The van der Waals surface area contributed by atoms with Crippen molar-refractivity contribution in [3.63, 3.8) is 0 Å². The van der Waals surface area contributed by atoms with Crippen LogP contribution in [0.1, 0.15) is 84.5 Å². The lowest BCUT2D eigenvalue weighted by atomic mass is 10.1. The highest BCUT2D eigenvalue weighted by molar-refractivity contribution is 5.70. The molecular weight excluding hydrogens is 320 g/mol. The van der Waals surface area contributed by atoms with Crippen molar-refractivity contribution < 1.29 is 24.2 Å². The maximum absolute atomic E-state index is 11.7. The first-order chi connectivity index (χ1) is 12.1. The zero-order valence-electron chi connectivity index (χ0n) is 16.0. The van der Waals surface area contributed by atoms with Crippen LogP contribution in [0.2, 0.25) is 0 Å². The fourth-order valence-electron chi connectivity index (χ4n) is 2.30. The van der Waals surface area contributed by atoms with Gasteiger partial charge in [-0.1, -0.05) is 51.7 Å². The van der Waals surface area contributed by atoms with Crippen molar-refractivity contribution in [3.05, 3.63) is 12.2 Å². The quantitative estimate of drug-likeness (QED) is 0.253. The Morgan fingerprint density at radius 2 is 1.56 bits per heavy atom. The number of hydrogen-bond acceptors (Lipinski definition) is 5. The van der Waals surface area contributed by atoms with Crippen molar-refractivity contribution in [1.82, 2.24) is 0 Å². The first-order valence-corrected chi connectivity index (χ1v) is 9.74. The van der Waals surface area contributed by atoms with Crippen LogP contribution in [0, 0.1) is 0 Å². The Balaban J connectivity index is 3.62. The third kappa shape index (κ3) is 15.9. The molecule has 0 saturated heterocycles. The standard InChI is InChI=1S/C20H36O5/c1-3-5-6-7-8-9-10-11-12-13-15-20(23)25-18(16-21)17-24-19(22)14-4-2/h6-7,18,21H,3-5,8-17H2,1-2H3/b7-6-. The molecule has 0 fully saturated rings. The second-order valence-electron chi connectivity index (χ2n) is 6.29. The molecular formula is C20H36O5. The summed E-state index contributed by atoms with van der Waals surface area (Å²) in [6.45, 7) is 3.65. The van der Waals surface area contributed by atoms with Crippen LogP contribution in [-0.4, -0.2) is 36.4 Å². The molecule has 0 heterocycles. The van der Waals surface area contributed by atoms with Crippen LogP contribution in [0.4, 0.5) is 0 Å². The zero-order valence-corrected chi connectivity index (χ0v) is 16.0. The topological polar surface area (TPSA) is 72.8 Å². The Morgan fingerprint density at radius 3 is 2.24 bits per heavy atom. The second-order valence-corrected chi connectivity index (χ2v) is 6.29. The van der Waals surface area contributed by atoms with Gasteiger partial charge in [0.05, 0.1) is 6.61 Å². The second kappa shape index (κ2) is 17.5. The van der Waals surface area contributed by atoms with Gasteiger partial charge < -0.3 is 14.6 Å². The fourth-order valence-corrected chi connectivity index (χ4v) is 2.30. The monoisotopic (exact) mass is 356 g/mol. The SMILES string of the molecule is CCC/C=C\CCCCCCCC(=O)OC(CO)COC(=O)CCC. The average Bonchev–Trinajstić information content (AvgIpc) is 2.60. The van der Waals surface area contributed by atoms with E-state index in [1.165, 1.54) is 19.3 Å². The summed E-state index contributed by atoms with van der Waals surface area (Å²) in [5.41, 5.74) is 0. The highest BCUT2D eigenvalue weighted by atomic mass is 16.6. The van der Waals surface area contributed by atoms with Gasteiger partial charge in [-0.25, -0.2) is 0 Å². The van der Waals surface area contributed by atoms with Gasteiger partial charge in [0.15, 0.2) is 6.10 Å². The molecule has 0 spiro atoms. The molecule has 1 unspecified atom stereocenters. The summed E-state index contributed by atoms with van der Waals surface area (Å²) in [7, 11) is 0. The summed E-state index contributed by atoms with van der Waals surface area (Å²) in [5, 5.41) is 9.19. The largest absolute Gasteiger partial charge is 0.462 e. The lowest BCUT2D eigenvalue weighted by molar-refractivity contribution is -0.161. The third-order valence-corrected chi connectivity index (χ3v) is 3.76. The predicted molar refractivity (Wildman–Crippen MR) is 99.2 cm³/mol. The summed E-state index contributed by atoms with van der Waals surface area (Å²) < 4.78 is 10.1. The lowest BCUT2D eigenvalue weighted by Crippen LogP contribution is -2.28. The Bertz CT molecular complexity index is 365. The Hall–Kier alpha value is -1.36. The smallest absolute Gasteiger partial charge is 0.306 e. The third-order valence-electron chi connectivity index (χ3n) is 3.76. The molecule has 5 nitrogen and oxygen atoms in total. The number of ether oxygens (including phenoxy) is 2. The number of rotatable bonds is 16. The molecule has 1 N–H and O–H groups in total. The Kier molecular flexibility index (Phi) is 16.5. The molecule has 0 aliphatic rings. The average molecular weight is 357 g/mol. The van der Waals surface area contributed by atoms with Gasteiger partial charge in [-0.05, 0) is 32.1 Å². The van der Waals surface area contributed by atoms with E-state index in [1.807, 2.05) is 6.92 Å². The Morgan fingerprint density at radius 1 is 0.880 bits per heavy atom. The lowest BCUT2D eigenvalue weighted by Gasteiger charge is -2.15. The van der Waals surface area contributed by atoms with E-state index in [0.29, 0.717) is 19.3 Å². The van der Waals surface area contributed by atoms with E-state index in [9.17, 15) is 14.7 Å². The molecule has 0 amide bonds. The molecule has 0 rings (SSSR count). The van der Waals surface area contributed by atoms with Crippen LogP contribution in [0.25, 0.3) is 0 Å². The number of unbranched alkanes of at least 4 members (excludes halogenated alkanes) is 6. The molecule has 0 bridgehead atoms. The van der Waals surface area contributed by atoms with Gasteiger partial charge in [-0.3, -0.25) is 9.59 Å². The van der Waals surface area contributed by atoms with Gasteiger partial charge in [-0.2, -0.15) is 0 Å². The number of aliphatic hydroxyl groups excluding tert-OH is 1. The summed E-state index contributed by atoms with van der Waals surface area (Å²) in [4.78, 5) is 23.0. The first kappa shape index (κ1) is 23.6. The van der Waals surface area contributed by atoms with E-state index in [2.05, 4.69) is 19.1 Å². The number of carbonyl (C=O) groups excluding carboxylic acids is 2. The predicted octanol–water partition coefficient (Wildman–Crippen LogP) is 4.32. The van der Waals surface area contributed by atoms with E-state index in [4.69, 9.17) is 9.47 Å². The summed E-state index contributed by atoms with van der Waals surface area (Å²) in [6, 6.07) is 0. The molecule has 0 aliphatic carbocycles. The minimum absolute atomic E-state index is 0.0768. The van der Waals surface area contributed by atoms with Crippen LogP contribution in [0.3, 0.4) is 0 Å². The fraction of sp³-hybridized carbons (Fsp3) is 0.800. The molecule has 25 heavy (non-hydrogen) atoms. The van der Waals surface area contributed by atoms with E-state index < -0.39 is 6.10 Å². The van der Waals surface area contributed by atoms with Gasteiger partial charge in [0.1, 0.15) is 6.61 Å². The number of esters is 2. The number of hydrogen-bond donors (Lipinski definition) is 1. The molecule has 0 aromatic carbocycles. The number of aliphatic hydroxyl groups is 1. The summed E-state index contributed by atoms with van der Waals surface area (Å²) in [6.07, 6.45) is 13.9. The molecule has 0 aromatic heterocycles. The van der Waals surface area contributed by atoms with Crippen LogP contribution in [-0.2, 0) is 19.1 Å². The van der Waals surface area contributed by atoms with Gasteiger partial charge in [-0.15, -0.1) is 0 Å². The van der Waals surface area contributed by atoms with Gasteiger partial charge >= 0.3 is 11.9 Å². The van der Waals surface area contributed by atoms with E-state index in [1.54, 1.807) is 0 Å². The van der Waals surface area contributed by atoms with Crippen molar-refractivity contribution in [2.24, 2.45) is 0 Å². The van der Waals surface area contributed by atoms with Crippen molar-refractivity contribution in [2.45, 2.75) is 90.6 Å². The van der Waals surface area contributed by atoms with Crippen LogP contribution in [0.5, 0.6) is 0 Å². The van der Waals surface area contributed by atoms with Crippen molar-refractivity contribution in [2.75, 3.05) is 13.2 Å². The first-order valence-electron chi connectivity index (χ1n) is 9.74. The maximum atomic E-state index is 11.7. The minimum atomic E-state index is -0.761. The minimum Gasteiger partial charge on any atom is -0.462 e. The molecule has 0 aliphatic heterocycles. The van der Waals surface area contributed by atoms with E-state index in [0.717, 1.165) is 32.1 Å². The van der Waals surface area contributed by atoms with Crippen LogP contribution >= 0.6 is 0 Å². The Labute approximate surface area is 152 Å². The summed E-state index contributed by atoms with van der Waals surface area (Å²) in [5.74, 6) is -0.672. The maximum Gasteiger partial charge on any atom is 0.306 e. The van der Waals surface area contributed by atoms with E-state index in [-0.39, 0.29) is 25.2 Å². The number of carbonyl (C=O) groups is 2.